The number of hydrogen-bond acceptors (Lipinski definition) is 8. The topological polar surface area (TPSA) is 93.1 Å². The molecular formula is C24H23F7N6O2S. The van der Waals surface area contributed by atoms with E-state index in [0.717, 1.165) is 17.7 Å². The number of nitrogens with zero attached hydrogens (tertiary/aromatic N) is 5. The fourth-order valence-electron chi connectivity index (χ4n) is 4.02. The van der Waals surface area contributed by atoms with Crippen LogP contribution in [-0.2, 0) is 12.6 Å². The van der Waals surface area contributed by atoms with Gasteiger partial charge in [0.05, 0.1) is 41.5 Å². The first-order valence-electron chi connectivity index (χ1n) is 12.0. The van der Waals surface area contributed by atoms with Crippen LogP contribution >= 0.6 is 11.5 Å². The average Bonchev–Trinajstić information content (AvgIpc) is 3.24. The SMILES string of the molecule is Cc1nsc(Cc2cnc(C(F)(F)F)cn2)c1C(=O)Nc1ccc(O[C@@H]2CCN(CCC(F)(F)F)C[C@H]2F)nc1. The zero-order valence-electron chi connectivity index (χ0n) is 20.9. The molecule has 216 valence electrons. The molecule has 1 N–H and O–H groups in total. The van der Waals surface area contributed by atoms with Crippen LogP contribution < -0.4 is 10.1 Å². The van der Waals surface area contributed by atoms with Crippen LogP contribution in [0.5, 0.6) is 5.88 Å². The molecule has 0 bridgehead atoms. The molecule has 1 amide bonds. The maximum Gasteiger partial charge on any atom is 0.434 e. The van der Waals surface area contributed by atoms with Crippen molar-refractivity contribution in [1.29, 1.82) is 0 Å². The molecule has 1 fully saturated rings. The molecule has 1 saturated heterocycles. The molecule has 0 saturated carbocycles. The molecule has 3 aromatic heterocycles. The van der Waals surface area contributed by atoms with Gasteiger partial charge in [0, 0.05) is 43.2 Å². The first-order valence-corrected chi connectivity index (χ1v) is 12.8. The van der Waals surface area contributed by atoms with Gasteiger partial charge in [0.2, 0.25) is 5.88 Å². The third-order valence-electron chi connectivity index (χ3n) is 6.04. The Bertz CT molecular complexity index is 1300. The largest absolute Gasteiger partial charge is 0.471 e. The monoisotopic (exact) mass is 592 g/mol. The maximum absolute atomic E-state index is 14.5. The second kappa shape index (κ2) is 12.0. The fraction of sp³-hybridized carbons (Fsp3) is 0.458. The summed E-state index contributed by atoms with van der Waals surface area (Å²) in [5.74, 6) is -0.434. The number of likely N-dealkylation sites (tertiary alicyclic amines) is 1. The number of anilines is 1. The Morgan fingerprint density at radius 1 is 1.12 bits per heavy atom. The fourth-order valence-corrected chi connectivity index (χ4v) is 4.91. The molecule has 4 rings (SSSR count). The first kappa shape index (κ1) is 29.6. The Morgan fingerprint density at radius 2 is 1.90 bits per heavy atom. The highest BCUT2D eigenvalue weighted by Crippen LogP contribution is 2.28. The summed E-state index contributed by atoms with van der Waals surface area (Å²) < 4.78 is 99.7. The van der Waals surface area contributed by atoms with Crippen molar-refractivity contribution in [3.63, 3.8) is 0 Å². The predicted molar refractivity (Wildman–Crippen MR) is 130 cm³/mol. The summed E-state index contributed by atoms with van der Waals surface area (Å²) >= 11 is 1.01. The standard InChI is InChI=1S/C24H23F7N6O2S/c1-13-21(18(40-36-13)8-15-10-33-19(11-32-15)24(29,30)31)22(38)35-14-2-3-20(34-9-14)39-17-4-6-37(12-16(17)25)7-5-23(26,27)28/h2-3,9-11,16-17H,4-8,12H2,1H3,(H,35,38)/t16-,17-/m1/s1. The van der Waals surface area contributed by atoms with Crippen LogP contribution in [0.2, 0.25) is 0 Å². The van der Waals surface area contributed by atoms with Gasteiger partial charge < -0.3 is 10.1 Å². The van der Waals surface area contributed by atoms with Gasteiger partial charge in [-0.05, 0) is 30.9 Å². The summed E-state index contributed by atoms with van der Waals surface area (Å²) in [5, 5.41) is 2.66. The summed E-state index contributed by atoms with van der Waals surface area (Å²) in [7, 11) is 0. The van der Waals surface area contributed by atoms with Gasteiger partial charge in [0.15, 0.2) is 5.69 Å². The third-order valence-corrected chi connectivity index (χ3v) is 6.98. The van der Waals surface area contributed by atoms with E-state index >= 15 is 0 Å². The molecule has 4 heterocycles. The van der Waals surface area contributed by atoms with E-state index in [1.54, 1.807) is 6.92 Å². The van der Waals surface area contributed by atoms with E-state index in [4.69, 9.17) is 4.74 Å². The summed E-state index contributed by atoms with van der Waals surface area (Å²) in [4.78, 5) is 26.1. The number of hydrogen-bond donors (Lipinski definition) is 1. The van der Waals surface area contributed by atoms with Crippen molar-refractivity contribution in [2.45, 2.75) is 50.8 Å². The minimum Gasteiger partial charge on any atom is -0.471 e. The Labute approximate surface area is 227 Å². The van der Waals surface area contributed by atoms with Crippen molar-refractivity contribution in [3.05, 3.63) is 58.2 Å². The molecular weight excluding hydrogens is 569 g/mol. The second-order valence-corrected chi connectivity index (χ2v) is 9.96. The number of rotatable bonds is 8. The highest BCUT2D eigenvalue weighted by Gasteiger charge is 2.34. The number of amides is 1. The normalized spacial score (nSPS) is 18.5. The van der Waals surface area contributed by atoms with Crippen LogP contribution in [0.4, 0.5) is 36.4 Å². The van der Waals surface area contributed by atoms with Gasteiger partial charge >= 0.3 is 12.4 Å². The van der Waals surface area contributed by atoms with Crippen LogP contribution in [0.3, 0.4) is 0 Å². The van der Waals surface area contributed by atoms with Gasteiger partial charge in [-0.3, -0.25) is 14.7 Å². The van der Waals surface area contributed by atoms with Gasteiger partial charge in [0.25, 0.3) is 5.91 Å². The number of aryl methyl sites for hydroxylation is 1. The van der Waals surface area contributed by atoms with Crippen molar-refractivity contribution in [2.24, 2.45) is 0 Å². The number of carbonyl (C=O) groups excluding carboxylic acids is 1. The molecule has 2 atom stereocenters. The summed E-state index contributed by atoms with van der Waals surface area (Å²) in [6.07, 6.45) is -9.13. The number of alkyl halides is 7. The Morgan fingerprint density at radius 3 is 2.50 bits per heavy atom. The molecule has 0 aliphatic carbocycles. The Kier molecular flexibility index (Phi) is 8.87. The number of pyridine rings is 1. The number of ether oxygens (including phenoxy) is 1. The third kappa shape index (κ3) is 7.84. The van der Waals surface area contributed by atoms with Crippen LogP contribution in [0.25, 0.3) is 0 Å². The highest BCUT2D eigenvalue weighted by molar-refractivity contribution is 7.06. The molecule has 8 nitrogen and oxygen atoms in total. The van der Waals surface area contributed by atoms with Gasteiger partial charge in [-0.25, -0.2) is 14.4 Å². The lowest BCUT2D eigenvalue weighted by Gasteiger charge is -2.34. The predicted octanol–water partition coefficient (Wildman–Crippen LogP) is 5.24. The van der Waals surface area contributed by atoms with Crippen LogP contribution in [0, 0.1) is 6.92 Å². The van der Waals surface area contributed by atoms with Crippen molar-refractivity contribution in [2.75, 3.05) is 25.0 Å². The molecule has 1 aliphatic rings. The van der Waals surface area contributed by atoms with Gasteiger partial charge in [0.1, 0.15) is 12.3 Å². The molecule has 16 heteroatoms. The van der Waals surface area contributed by atoms with Crippen LogP contribution in [0.1, 0.15) is 45.2 Å². The smallest absolute Gasteiger partial charge is 0.434 e. The quantitative estimate of drug-likeness (QED) is 0.358. The van der Waals surface area contributed by atoms with E-state index in [2.05, 4.69) is 24.6 Å². The highest BCUT2D eigenvalue weighted by atomic mass is 32.1. The van der Waals surface area contributed by atoms with E-state index in [0.29, 0.717) is 22.5 Å². The van der Waals surface area contributed by atoms with E-state index in [1.165, 1.54) is 23.2 Å². The van der Waals surface area contributed by atoms with E-state index in [1.807, 2.05) is 0 Å². The zero-order chi connectivity index (χ0) is 29.1. The second-order valence-electron chi connectivity index (χ2n) is 9.10. The summed E-state index contributed by atoms with van der Waals surface area (Å²) in [6, 6.07) is 2.91. The molecule has 0 radical (unpaired) electrons. The van der Waals surface area contributed by atoms with Gasteiger partial charge in [-0.2, -0.15) is 30.7 Å². The average molecular weight is 593 g/mol. The molecule has 40 heavy (non-hydrogen) atoms. The minimum absolute atomic E-state index is 0.0455. The first-order chi connectivity index (χ1) is 18.8. The molecule has 3 aromatic rings. The van der Waals surface area contributed by atoms with Crippen molar-refractivity contribution >= 4 is 23.1 Å². The number of halogens is 7. The number of piperidine rings is 1. The van der Waals surface area contributed by atoms with Gasteiger partial charge in [-0.15, -0.1) is 0 Å². The number of nitrogens with one attached hydrogen (secondary N) is 1. The van der Waals surface area contributed by atoms with Gasteiger partial charge in [-0.1, -0.05) is 0 Å². The lowest BCUT2D eigenvalue weighted by molar-refractivity contribution is -0.141. The lowest BCUT2D eigenvalue weighted by Crippen LogP contribution is -2.47. The van der Waals surface area contributed by atoms with Crippen LogP contribution in [-0.4, -0.2) is 68.2 Å². The molecule has 0 unspecified atom stereocenters. The van der Waals surface area contributed by atoms with Crippen molar-refractivity contribution in [1.82, 2.24) is 24.2 Å². The van der Waals surface area contributed by atoms with E-state index in [9.17, 15) is 35.5 Å². The maximum atomic E-state index is 14.5. The Hall–Kier alpha value is -3.40. The zero-order valence-corrected chi connectivity index (χ0v) is 21.7. The molecule has 0 aromatic carbocycles. The van der Waals surface area contributed by atoms with Crippen molar-refractivity contribution in [3.8, 4) is 5.88 Å². The van der Waals surface area contributed by atoms with Crippen molar-refractivity contribution < 1.29 is 40.3 Å². The van der Waals surface area contributed by atoms with Crippen LogP contribution in [0.15, 0.2) is 30.7 Å². The Balaban J connectivity index is 1.33. The van der Waals surface area contributed by atoms with E-state index < -0.39 is 42.7 Å². The number of aromatic nitrogens is 4. The molecule has 1 aliphatic heterocycles. The summed E-state index contributed by atoms with van der Waals surface area (Å²) in [5.41, 5.74) is 0.0571. The summed E-state index contributed by atoms with van der Waals surface area (Å²) in [6.45, 7) is 1.42. The molecule has 0 spiro atoms. The number of carbonyl (C=O) groups is 1. The lowest BCUT2D eigenvalue weighted by atomic mass is 10.1. The van der Waals surface area contributed by atoms with E-state index in [-0.39, 0.29) is 49.6 Å². The minimum atomic E-state index is -4.61.